The smallest absolute Gasteiger partial charge is 0.306 e. The molecule has 4 heteroatoms. The van der Waals surface area contributed by atoms with Crippen LogP contribution in [0, 0.1) is 0 Å². The maximum atomic E-state index is 12.6. The van der Waals surface area contributed by atoms with Crippen LogP contribution in [0.4, 0.5) is 0 Å². The fraction of sp³-hybridized carbons (Fsp3) is 0.850. The lowest BCUT2D eigenvalue weighted by atomic mass is 10.0. The molecule has 0 aliphatic rings. The third-order valence-corrected chi connectivity index (χ3v) is 8.68. The molecule has 0 aromatic heterocycles. The molecule has 1 unspecified atom stereocenters. The van der Waals surface area contributed by atoms with Crippen molar-refractivity contribution in [3.05, 3.63) is 24.3 Å². The molecule has 44 heavy (non-hydrogen) atoms. The summed E-state index contributed by atoms with van der Waals surface area (Å²) in [5, 5.41) is 8.75. The molecule has 0 rings (SSSR count). The van der Waals surface area contributed by atoms with E-state index in [1.165, 1.54) is 128 Å². The molecule has 1 N–H and O–H groups in total. The monoisotopic (exact) mass is 619 g/mol. The predicted octanol–water partition coefficient (Wildman–Crippen LogP) is 13.2. The van der Waals surface area contributed by atoms with Gasteiger partial charge in [0, 0.05) is 12.8 Å². The molecular weight excluding hydrogens is 544 g/mol. The topological polar surface area (TPSA) is 63.6 Å². The SMILES string of the molecule is CCCCC/C=C\C/C=C\CCCCCCCCCC(=O)OC(CCCCCCCCC)CCCCCCCCCC(=O)O. The van der Waals surface area contributed by atoms with Crippen molar-refractivity contribution in [1.82, 2.24) is 0 Å². The molecule has 0 aliphatic carbocycles. The van der Waals surface area contributed by atoms with Gasteiger partial charge in [-0.1, -0.05) is 154 Å². The normalized spacial score (nSPS) is 12.4. The number of hydrogen-bond acceptors (Lipinski definition) is 3. The number of esters is 1. The molecule has 0 aromatic carbocycles. The summed E-state index contributed by atoms with van der Waals surface area (Å²) in [5.74, 6) is -0.674. The van der Waals surface area contributed by atoms with Gasteiger partial charge in [0.1, 0.15) is 6.10 Å². The Morgan fingerprint density at radius 2 is 0.886 bits per heavy atom. The van der Waals surface area contributed by atoms with E-state index in [9.17, 15) is 9.59 Å². The summed E-state index contributed by atoms with van der Waals surface area (Å²) in [7, 11) is 0. The van der Waals surface area contributed by atoms with Gasteiger partial charge in [0.15, 0.2) is 0 Å². The fourth-order valence-corrected chi connectivity index (χ4v) is 5.80. The Hall–Kier alpha value is -1.58. The lowest BCUT2D eigenvalue weighted by Crippen LogP contribution is -2.18. The Labute approximate surface area is 274 Å². The summed E-state index contributed by atoms with van der Waals surface area (Å²) in [5.41, 5.74) is 0. The standard InChI is InChI=1S/C40H74O4/c1-3-5-7-9-11-12-13-14-15-16-17-18-19-20-25-29-33-37-40(43)44-38(34-30-26-22-10-8-6-4-2)35-31-27-23-21-24-28-32-36-39(41)42/h11-12,14-15,38H,3-10,13,16-37H2,1-2H3,(H,41,42)/b12-11-,15-14-. The van der Waals surface area contributed by atoms with Crippen LogP contribution in [0.15, 0.2) is 24.3 Å². The van der Waals surface area contributed by atoms with E-state index >= 15 is 0 Å². The zero-order chi connectivity index (χ0) is 32.2. The van der Waals surface area contributed by atoms with Gasteiger partial charge in [-0.25, -0.2) is 0 Å². The lowest BCUT2D eigenvalue weighted by molar-refractivity contribution is -0.150. The molecule has 0 saturated heterocycles. The number of rotatable bonds is 35. The average molecular weight is 619 g/mol. The number of allylic oxidation sites excluding steroid dienone is 4. The molecule has 0 saturated carbocycles. The second-order valence-electron chi connectivity index (χ2n) is 13.1. The van der Waals surface area contributed by atoms with Crippen molar-refractivity contribution in [2.45, 2.75) is 219 Å². The van der Waals surface area contributed by atoms with Crippen molar-refractivity contribution in [3.8, 4) is 0 Å². The molecule has 0 radical (unpaired) electrons. The highest BCUT2D eigenvalue weighted by molar-refractivity contribution is 5.69. The van der Waals surface area contributed by atoms with E-state index in [-0.39, 0.29) is 12.1 Å². The molecule has 0 aromatic rings. The van der Waals surface area contributed by atoms with E-state index < -0.39 is 5.97 Å². The number of carbonyl (C=O) groups is 2. The van der Waals surface area contributed by atoms with Crippen LogP contribution in [-0.2, 0) is 14.3 Å². The Morgan fingerprint density at radius 1 is 0.500 bits per heavy atom. The first kappa shape index (κ1) is 42.4. The zero-order valence-corrected chi connectivity index (χ0v) is 29.5. The van der Waals surface area contributed by atoms with Crippen molar-refractivity contribution in [3.63, 3.8) is 0 Å². The first-order valence-corrected chi connectivity index (χ1v) is 19.3. The van der Waals surface area contributed by atoms with Crippen LogP contribution in [0.25, 0.3) is 0 Å². The summed E-state index contributed by atoms with van der Waals surface area (Å²) in [4.78, 5) is 23.3. The third-order valence-electron chi connectivity index (χ3n) is 8.68. The number of unbranched alkanes of at least 4 members (excludes halogenated alkanes) is 22. The second-order valence-corrected chi connectivity index (χ2v) is 13.1. The minimum Gasteiger partial charge on any atom is -0.481 e. The fourth-order valence-electron chi connectivity index (χ4n) is 5.80. The van der Waals surface area contributed by atoms with Crippen molar-refractivity contribution in [1.29, 1.82) is 0 Å². The minimum atomic E-state index is -0.687. The Bertz CT molecular complexity index is 668. The van der Waals surface area contributed by atoms with Gasteiger partial charge in [-0.2, -0.15) is 0 Å². The van der Waals surface area contributed by atoms with Crippen molar-refractivity contribution in [2.75, 3.05) is 0 Å². The summed E-state index contributed by atoms with van der Waals surface area (Å²) < 4.78 is 6.00. The van der Waals surface area contributed by atoms with E-state index in [0.717, 1.165) is 57.8 Å². The highest BCUT2D eigenvalue weighted by atomic mass is 16.5. The second kappa shape index (κ2) is 35.9. The van der Waals surface area contributed by atoms with Crippen LogP contribution in [0.2, 0.25) is 0 Å². The maximum Gasteiger partial charge on any atom is 0.306 e. The number of carboxylic acids is 1. The molecule has 0 fully saturated rings. The van der Waals surface area contributed by atoms with Crippen molar-refractivity contribution < 1.29 is 19.4 Å². The molecular formula is C40H74O4. The lowest BCUT2D eigenvalue weighted by Gasteiger charge is -2.18. The molecule has 4 nitrogen and oxygen atoms in total. The number of ether oxygens (including phenoxy) is 1. The van der Waals surface area contributed by atoms with Gasteiger partial charge in [-0.05, 0) is 70.6 Å². The first-order chi connectivity index (χ1) is 21.6. The number of carbonyl (C=O) groups excluding carboxylic acids is 1. The molecule has 0 aliphatic heterocycles. The summed E-state index contributed by atoms with van der Waals surface area (Å²) >= 11 is 0. The van der Waals surface area contributed by atoms with Gasteiger partial charge in [-0.3, -0.25) is 9.59 Å². The van der Waals surface area contributed by atoms with E-state index in [1.54, 1.807) is 0 Å². The summed E-state index contributed by atoms with van der Waals surface area (Å²) in [6.07, 6.45) is 44.8. The average Bonchev–Trinajstić information content (AvgIpc) is 3.00. The van der Waals surface area contributed by atoms with Gasteiger partial charge < -0.3 is 9.84 Å². The van der Waals surface area contributed by atoms with Crippen LogP contribution in [0.5, 0.6) is 0 Å². The first-order valence-electron chi connectivity index (χ1n) is 19.3. The number of aliphatic carboxylic acids is 1. The zero-order valence-electron chi connectivity index (χ0n) is 29.5. The van der Waals surface area contributed by atoms with Gasteiger partial charge in [-0.15, -0.1) is 0 Å². The quantitative estimate of drug-likeness (QED) is 0.0436. The minimum absolute atomic E-state index is 0.0129. The van der Waals surface area contributed by atoms with Gasteiger partial charge in [0.2, 0.25) is 0 Å². The van der Waals surface area contributed by atoms with E-state index in [4.69, 9.17) is 9.84 Å². The number of carboxylic acid groups (broad SMARTS) is 1. The predicted molar refractivity (Wildman–Crippen MR) is 190 cm³/mol. The van der Waals surface area contributed by atoms with E-state index in [0.29, 0.717) is 12.8 Å². The molecule has 0 heterocycles. The maximum absolute atomic E-state index is 12.6. The number of hydrogen-bond donors (Lipinski definition) is 1. The van der Waals surface area contributed by atoms with E-state index in [1.807, 2.05) is 0 Å². The van der Waals surface area contributed by atoms with Crippen LogP contribution in [-0.4, -0.2) is 23.1 Å². The van der Waals surface area contributed by atoms with Gasteiger partial charge >= 0.3 is 11.9 Å². The van der Waals surface area contributed by atoms with Crippen LogP contribution < -0.4 is 0 Å². The Morgan fingerprint density at radius 3 is 1.39 bits per heavy atom. The Kier molecular flexibility index (Phi) is 34.6. The molecule has 1 atom stereocenters. The molecule has 0 bridgehead atoms. The third kappa shape index (κ3) is 34.9. The van der Waals surface area contributed by atoms with Crippen molar-refractivity contribution >= 4 is 11.9 Å². The van der Waals surface area contributed by atoms with Crippen LogP contribution in [0.3, 0.4) is 0 Å². The highest BCUT2D eigenvalue weighted by Gasteiger charge is 2.14. The highest BCUT2D eigenvalue weighted by Crippen LogP contribution is 2.19. The van der Waals surface area contributed by atoms with Crippen LogP contribution in [0.1, 0.15) is 213 Å². The summed E-state index contributed by atoms with van der Waals surface area (Å²) in [6, 6.07) is 0. The van der Waals surface area contributed by atoms with Gasteiger partial charge in [0.05, 0.1) is 0 Å². The van der Waals surface area contributed by atoms with Crippen molar-refractivity contribution in [2.24, 2.45) is 0 Å². The summed E-state index contributed by atoms with van der Waals surface area (Å²) in [6.45, 7) is 4.51. The van der Waals surface area contributed by atoms with Gasteiger partial charge in [0.25, 0.3) is 0 Å². The molecule has 0 spiro atoms. The molecule has 0 amide bonds. The Balaban J connectivity index is 3.96. The van der Waals surface area contributed by atoms with E-state index in [2.05, 4.69) is 38.2 Å². The largest absolute Gasteiger partial charge is 0.481 e. The molecule has 258 valence electrons. The van der Waals surface area contributed by atoms with Crippen LogP contribution >= 0.6 is 0 Å².